The Morgan fingerprint density at radius 3 is 2.58 bits per heavy atom. The van der Waals surface area contributed by atoms with Gasteiger partial charge in [0.05, 0.1) is 29.6 Å². The van der Waals surface area contributed by atoms with Crippen molar-refractivity contribution in [1.29, 1.82) is 0 Å². The van der Waals surface area contributed by atoms with E-state index in [-0.39, 0.29) is 18.5 Å². The fraction of sp³-hybridized carbons (Fsp3) is 0.211. The first-order valence-corrected chi connectivity index (χ1v) is 9.06. The largest absolute Gasteiger partial charge is 0.332 e. The highest BCUT2D eigenvalue weighted by atomic mass is 32.1. The molecule has 3 aromatic rings. The van der Waals surface area contributed by atoms with Crippen LogP contribution in [0.15, 0.2) is 48.1 Å². The zero-order valence-electron chi connectivity index (χ0n) is 14.5. The van der Waals surface area contributed by atoms with Crippen LogP contribution in [0.4, 0.5) is 14.9 Å². The van der Waals surface area contributed by atoms with E-state index in [1.165, 1.54) is 22.6 Å². The standard InChI is InChI=1S/C19H19FN4OS/c1-12(18-13(2)23-11-26-18)14-3-6-16(7-4-14)24-19(25)22-10-17-8-5-15(20)9-21-17/h3-9,11-12H,10H2,1-2H3,(H2,22,24,25)/t12-/m1/s1. The molecule has 3 rings (SSSR count). The maximum Gasteiger partial charge on any atom is 0.319 e. The van der Waals surface area contributed by atoms with E-state index in [9.17, 15) is 9.18 Å². The Morgan fingerprint density at radius 1 is 1.19 bits per heavy atom. The van der Waals surface area contributed by atoms with Gasteiger partial charge in [0.15, 0.2) is 0 Å². The summed E-state index contributed by atoms with van der Waals surface area (Å²) < 4.78 is 12.8. The zero-order valence-corrected chi connectivity index (χ0v) is 15.3. The van der Waals surface area contributed by atoms with Gasteiger partial charge >= 0.3 is 6.03 Å². The van der Waals surface area contributed by atoms with E-state index < -0.39 is 5.82 Å². The summed E-state index contributed by atoms with van der Waals surface area (Å²) in [6, 6.07) is 10.3. The number of aryl methyl sites for hydroxylation is 1. The van der Waals surface area contributed by atoms with Crippen LogP contribution in [0.3, 0.4) is 0 Å². The second-order valence-corrected chi connectivity index (χ2v) is 6.81. The molecule has 2 heterocycles. The van der Waals surface area contributed by atoms with Crippen molar-refractivity contribution in [2.45, 2.75) is 26.3 Å². The van der Waals surface area contributed by atoms with Crippen molar-refractivity contribution < 1.29 is 9.18 Å². The molecule has 0 radical (unpaired) electrons. The van der Waals surface area contributed by atoms with Gasteiger partial charge in [-0.05, 0) is 36.8 Å². The summed E-state index contributed by atoms with van der Waals surface area (Å²) in [4.78, 5) is 21.4. The second-order valence-electron chi connectivity index (χ2n) is 5.92. The van der Waals surface area contributed by atoms with Crippen LogP contribution in [-0.2, 0) is 6.54 Å². The summed E-state index contributed by atoms with van der Waals surface area (Å²) in [6.07, 6.45) is 1.12. The van der Waals surface area contributed by atoms with Gasteiger partial charge in [-0.25, -0.2) is 14.2 Å². The monoisotopic (exact) mass is 370 g/mol. The molecular weight excluding hydrogens is 351 g/mol. The Balaban J connectivity index is 1.56. The molecule has 2 N–H and O–H groups in total. The molecule has 0 aliphatic heterocycles. The SMILES string of the molecule is Cc1ncsc1[C@H](C)c1ccc(NC(=O)NCc2ccc(F)cn2)cc1. The number of carbonyl (C=O) groups is 1. The van der Waals surface area contributed by atoms with Gasteiger partial charge in [-0.15, -0.1) is 11.3 Å². The third-order valence-corrected chi connectivity index (χ3v) is 5.18. The number of aromatic nitrogens is 2. The molecule has 2 aromatic heterocycles. The number of nitrogens with one attached hydrogen (secondary N) is 2. The van der Waals surface area contributed by atoms with Crippen LogP contribution in [0.25, 0.3) is 0 Å². The van der Waals surface area contributed by atoms with Crippen LogP contribution in [0.5, 0.6) is 0 Å². The minimum atomic E-state index is -0.402. The van der Waals surface area contributed by atoms with E-state index in [0.717, 1.165) is 11.9 Å². The van der Waals surface area contributed by atoms with E-state index in [2.05, 4.69) is 27.5 Å². The molecule has 0 aliphatic rings. The maximum atomic E-state index is 12.8. The fourth-order valence-electron chi connectivity index (χ4n) is 2.59. The van der Waals surface area contributed by atoms with E-state index in [4.69, 9.17) is 0 Å². The highest BCUT2D eigenvalue weighted by molar-refractivity contribution is 7.09. The number of amides is 2. The first-order chi connectivity index (χ1) is 12.5. The molecule has 0 unspecified atom stereocenters. The summed E-state index contributed by atoms with van der Waals surface area (Å²) >= 11 is 1.65. The molecule has 5 nitrogen and oxygen atoms in total. The Bertz CT molecular complexity index is 877. The summed E-state index contributed by atoms with van der Waals surface area (Å²) in [6.45, 7) is 4.38. The van der Waals surface area contributed by atoms with Crippen molar-refractivity contribution in [3.63, 3.8) is 0 Å². The van der Waals surface area contributed by atoms with E-state index in [0.29, 0.717) is 11.4 Å². The molecule has 0 saturated carbocycles. The molecule has 0 bridgehead atoms. The molecule has 0 aliphatic carbocycles. The van der Waals surface area contributed by atoms with Gasteiger partial charge in [0, 0.05) is 16.5 Å². The van der Waals surface area contributed by atoms with Crippen LogP contribution in [0.1, 0.15) is 34.7 Å². The van der Waals surface area contributed by atoms with Crippen molar-refractivity contribution in [2.24, 2.45) is 0 Å². The lowest BCUT2D eigenvalue weighted by atomic mass is 9.98. The summed E-state index contributed by atoms with van der Waals surface area (Å²) in [5.41, 5.74) is 5.37. The number of halogens is 1. The molecule has 2 amide bonds. The number of thiazole rings is 1. The average molecular weight is 370 g/mol. The van der Waals surface area contributed by atoms with Crippen LogP contribution >= 0.6 is 11.3 Å². The third-order valence-electron chi connectivity index (χ3n) is 4.06. The number of hydrogen-bond acceptors (Lipinski definition) is 4. The highest BCUT2D eigenvalue weighted by Crippen LogP contribution is 2.30. The molecule has 1 atom stereocenters. The topological polar surface area (TPSA) is 66.9 Å². The van der Waals surface area contributed by atoms with Crippen LogP contribution in [0.2, 0.25) is 0 Å². The highest BCUT2D eigenvalue weighted by Gasteiger charge is 2.13. The van der Waals surface area contributed by atoms with Crippen molar-refractivity contribution in [1.82, 2.24) is 15.3 Å². The van der Waals surface area contributed by atoms with Crippen molar-refractivity contribution in [3.05, 3.63) is 75.8 Å². The molecule has 134 valence electrons. The van der Waals surface area contributed by atoms with Gasteiger partial charge in [0.1, 0.15) is 5.82 Å². The Morgan fingerprint density at radius 2 is 1.96 bits per heavy atom. The normalized spacial score (nSPS) is 11.8. The molecule has 7 heteroatoms. The third kappa shape index (κ3) is 4.43. The Hall–Kier alpha value is -2.80. The number of benzene rings is 1. The summed E-state index contributed by atoms with van der Waals surface area (Å²) in [7, 11) is 0. The predicted molar refractivity (Wildman–Crippen MR) is 101 cm³/mol. The van der Waals surface area contributed by atoms with Crippen LogP contribution < -0.4 is 10.6 Å². The van der Waals surface area contributed by atoms with E-state index >= 15 is 0 Å². The van der Waals surface area contributed by atoms with Gasteiger partial charge in [-0.3, -0.25) is 4.98 Å². The molecule has 26 heavy (non-hydrogen) atoms. The number of hydrogen-bond donors (Lipinski definition) is 2. The predicted octanol–water partition coefficient (Wildman–Crippen LogP) is 4.46. The lowest BCUT2D eigenvalue weighted by Crippen LogP contribution is -2.28. The van der Waals surface area contributed by atoms with Crippen molar-refractivity contribution >= 4 is 23.1 Å². The minimum absolute atomic E-state index is 0.228. The smallest absolute Gasteiger partial charge is 0.319 e. The molecule has 0 fully saturated rings. The number of pyridine rings is 1. The Kier molecular flexibility index (Phi) is 5.58. The van der Waals surface area contributed by atoms with E-state index in [1.807, 2.05) is 36.7 Å². The first kappa shape index (κ1) is 18.0. The van der Waals surface area contributed by atoms with Crippen molar-refractivity contribution in [3.8, 4) is 0 Å². The quantitative estimate of drug-likeness (QED) is 0.697. The average Bonchev–Trinajstić information content (AvgIpc) is 3.07. The number of anilines is 1. The van der Waals surface area contributed by atoms with E-state index in [1.54, 1.807) is 11.3 Å². The fourth-order valence-corrected chi connectivity index (χ4v) is 3.48. The van der Waals surface area contributed by atoms with Gasteiger partial charge in [-0.1, -0.05) is 19.1 Å². The van der Waals surface area contributed by atoms with Crippen LogP contribution in [-0.4, -0.2) is 16.0 Å². The van der Waals surface area contributed by atoms with Gasteiger partial charge in [-0.2, -0.15) is 0 Å². The molecule has 0 spiro atoms. The van der Waals surface area contributed by atoms with Crippen LogP contribution in [0, 0.1) is 12.7 Å². The van der Waals surface area contributed by atoms with Gasteiger partial charge in [0.25, 0.3) is 0 Å². The first-order valence-electron chi connectivity index (χ1n) is 8.18. The second kappa shape index (κ2) is 8.05. The molecular formula is C19H19FN4OS. The number of rotatable bonds is 5. The Labute approximate surface area is 155 Å². The van der Waals surface area contributed by atoms with Gasteiger partial charge in [0.2, 0.25) is 0 Å². The number of urea groups is 1. The minimum Gasteiger partial charge on any atom is -0.332 e. The number of nitrogens with zero attached hydrogens (tertiary/aromatic N) is 2. The zero-order chi connectivity index (χ0) is 18.5. The lowest BCUT2D eigenvalue weighted by molar-refractivity contribution is 0.251. The summed E-state index contributed by atoms with van der Waals surface area (Å²) in [5.74, 6) is -0.143. The molecule has 0 saturated heterocycles. The maximum absolute atomic E-state index is 12.8. The molecule has 1 aromatic carbocycles. The number of carbonyl (C=O) groups excluding carboxylic acids is 1. The van der Waals surface area contributed by atoms with Gasteiger partial charge < -0.3 is 10.6 Å². The van der Waals surface area contributed by atoms with Crippen molar-refractivity contribution in [2.75, 3.05) is 5.32 Å². The summed E-state index contributed by atoms with van der Waals surface area (Å²) in [5, 5.41) is 5.47. The lowest BCUT2D eigenvalue weighted by Gasteiger charge is -2.12.